The summed E-state index contributed by atoms with van der Waals surface area (Å²) in [5.41, 5.74) is 9.51. The molecule has 0 spiro atoms. The zero-order valence-electron chi connectivity index (χ0n) is 68.5. The molecule has 4 heterocycles. The van der Waals surface area contributed by atoms with Crippen LogP contribution in [0, 0.1) is 11.8 Å². The van der Waals surface area contributed by atoms with Crippen LogP contribution < -0.4 is 9.80 Å². The smallest absolute Gasteiger partial charge is 0.235 e. The van der Waals surface area contributed by atoms with Crippen molar-refractivity contribution >= 4 is 77.7 Å². The molecular weight excluding hydrogens is 1440 g/mol. The van der Waals surface area contributed by atoms with Gasteiger partial charge < -0.3 is 9.80 Å². The normalized spacial score (nSPS) is 15.0. The van der Waals surface area contributed by atoms with E-state index in [0.717, 1.165) is 74.1 Å². The number of carbonyl (C=O) groups excluding carboxylic acids is 2. The Balaban J connectivity index is 1.34. The fourth-order valence-corrected chi connectivity index (χ4v) is 21.0. The molecule has 0 N–H and O–H groups in total. The van der Waals surface area contributed by atoms with Gasteiger partial charge in [0.05, 0.1) is 19.4 Å². The summed E-state index contributed by atoms with van der Waals surface area (Å²) in [6.07, 6.45) is 81.5. The van der Waals surface area contributed by atoms with Crippen LogP contribution in [-0.4, -0.2) is 24.9 Å². The average molecular weight is 1600 g/mol. The highest BCUT2D eigenvalue weighted by atomic mass is 79.9. The molecule has 0 aliphatic carbocycles. The van der Waals surface area contributed by atoms with E-state index >= 15 is 9.59 Å². The Morgan fingerprint density at radius 1 is 0.298 bits per heavy atom. The Morgan fingerprint density at radius 2 is 0.519 bits per heavy atom. The molecule has 0 saturated heterocycles. The molecule has 590 valence electrons. The highest BCUT2D eigenvalue weighted by Gasteiger charge is 2.51. The van der Waals surface area contributed by atoms with E-state index in [9.17, 15) is 0 Å². The number of fused-ring (bicyclic) bond motifs is 2. The highest BCUT2D eigenvalue weighted by Crippen LogP contribution is 2.54. The molecule has 4 nitrogen and oxygen atoms in total. The number of thiophene rings is 2. The minimum atomic E-state index is -0.569. The number of carbonyl (C=O) groups is 2. The monoisotopic (exact) mass is 1590 g/mol. The third-order valence-corrected chi connectivity index (χ3v) is 28.2. The van der Waals surface area contributed by atoms with Crippen LogP contribution in [0.5, 0.6) is 0 Å². The van der Waals surface area contributed by atoms with Gasteiger partial charge in [-0.2, -0.15) is 0 Å². The Morgan fingerprint density at radius 3 is 0.760 bits per heavy atom. The quantitative estimate of drug-likeness (QED) is 0.0413. The van der Waals surface area contributed by atoms with Gasteiger partial charge in [0.25, 0.3) is 0 Å². The van der Waals surface area contributed by atoms with Crippen molar-refractivity contribution in [3.05, 3.63) is 78.4 Å². The number of amides is 2. The van der Waals surface area contributed by atoms with Gasteiger partial charge in [-0.15, -0.1) is 22.7 Å². The van der Waals surface area contributed by atoms with Crippen molar-refractivity contribution in [3.8, 4) is 20.9 Å². The highest BCUT2D eigenvalue weighted by molar-refractivity contribution is 9.11. The summed E-state index contributed by atoms with van der Waals surface area (Å²) in [4.78, 5) is 40.0. The van der Waals surface area contributed by atoms with Crippen LogP contribution >= 0.6 is 54.5 Å². The van der Waals surface area contributed by atoms with E-state index in [1.165, 1.54) is 399 Å². The van der Waals surface area contributed by atoms with Crippen molar-refractivity contribution in [2.45, 2.75) is 451 Å². The lowest BCUT2D eigenvalue weighted by Crippen LogP contribution is -2.39. The molecule has 2 aliphatic rings. The fourth-order valence-electron chi connectivity index (χ4n) is 17.4. The number of aryl methyl sites for hydroxylation is 2. The number of nitrogens with zero attached hydrogens (tertiary/aromatic N) is 2. The van der Waals surface area contributed by atoms with Gasteiger partial charge in [0, 0.05) is 34.2 Å². The molecule has 0 fully saturated rings. The van der Waals surface area contributed by atoms with Gasteiger partial charge in [0.15, 0.2) is 0 Å². The van der Waals surface area contributed by atoms with Gasteiger partial charge in [-0.1, -0.05) is 413 Å². The molecular formula is C96H158Br2N2O2S2. The number of benzene rings is 2. The molecule has 8 heteroatoms. The van der Waals surface area contributed by atoms with Gasteiger partial charge in [-0.25, -0.2) is 0 Å². The molecule has 0 radical (unpaired) electrons. The summed E-state index contributed by atoms with van der Waals surface area (Å²) in [5.74, 6) is 0.0119. The maximum absolute atomic E-state index is 16.5. The van der Waals surface area contributed by atoms with Gasteiger partial charge in [-0.05, 0) is 153 Å². The van der Waals surface area contributed by atoms with Gasteiger partial charge >= 0.3 is 0 Å². The Labute approximate surface area is 667 Å². The van der Waals surface area contributed by atoms with Gasteiger partial charge in [0.2, 0.25) is 11.8 Å². The Kier molecular flexibility index (Phi) is 50.3. The molecule has 4 aromatic rings. The van der Waals surface area contributed by atoms with E-state index in [4.69, 9.17) is 0 Å². The number of halogens is 2. The van der Waals surface area contributed by atoms with Crippen molar-refractivity contribution in [1.82, 2.24) is 0 Å². The van der Waals surface area contributed by atoms with Gasteiger partial charge in [-0.3, -0.25) is 9.59 Å². The largest absolute Gasteiger partial charge is 0.311 e. The number of rotatable bonds is 69. The second-order valence-electron chi connectivity index (χ2n) is 33.3. The standard InChI is InChI=1S/C96H158Br2N2O2S2/c1-7-13-19-25-31-37-41-47-53-59-65-79(63-57-51-45-35-29-23-17-11-5)77-99-87-73-81(89-75-83(93(97)103-89)67-61-55-49-43-39-33-27-21-15-9-3)69-71-85(87)91(95(99)101)92-86-72-70-82(90-76-84(94(98)104-90)68-62-56-50-44-40-34-28-22-16-10-4)74-88(86)100(96(92)102)78-80(64-58-52-46-36-30-24-18-12-6)66-60-54-48-42-38-32-26-20-14-8-2/h69-76,79-80,91-92H,7-68,77-78H2,1-6H3. The minimum absolute atomic E-state index is 0.157. The van der Waals surface area contributed by atoms with Crippen molar-refractivity contribution in [2.24, 2.45) is 11.8 Å². The summed E-state index contributed by atoms with van der Waals surface area (Å²) < 4.78 is 2.50. The van der Waals surface area contributed by atoms with Crippen molar-refractivity contribution in [3.63, 3.8) is 0 Å². The van der Waals surface area contributed by atoms with E-state index in [0.29, 0.717) is 11.8 Å². The van der Waals surface area contributed by atoms with Gasteiger partial charge in [0.1, 0.15) is 0 Å². The first-order chi connectivity index (χ1) is 51.2. The molecule has 2 aromatic carbocycles. The van der Waals surface area contributed by atoms with E-state index in [1.807, 2.05) is 22.7 Å². The zero-order chi connectivity index (χ0) is 73.9. The lowest BCUT2D eigenvalue weighted by molar-refractivity contribution is -0.125. The lowest BCUT2D eigenvalue weighted by atomic mass is 9.82. The molecule has 0 bridgehead atoms. The number of unbranched alkanes of at least 4 members (excludes halogenated alkanes) is 50. The molecule has 2 amide bonds. The molecule has 2 aliphatic heterocycles. The maximum atomic E-state index is 16.5. The first kappa shape index (κ1) is 90.6. The minimum Gasteiger partial charge on any atom is -0.311 e. The lowest BCUT2D eigenvalue weighted by Gasteiger charge is -2.27. The molecule has 4 unspecified atom stereocenters. The third-order valence-electron chi connectivity index (χ3n) is 24.1. The number of anilines is 2. The first-order valence-corrected chi connectivity index (χ1v) is 48.9. The summed E-state index contributed by atoms with van der Waals surface area (Å²) >= 11 is 11.9. The summed E-state index contributed by atoms with van der Waals surface area (Å²) in [6, 6.07) is 19.0. The average Bonchev–Trinajstić information content (AvgIpc) is 1.57. The summed E-state index contributed by atoms with van der Waals surface area (Å²) in [5, 5.41) is 0. The van der Waals surface area contributed by atoms with E-state index in [1.54, 1.807) is 0 Å². The fraction of sp³-hybridized carbons (Fsp3) is 0.771. The van der Waals surface area contributed by atoms with Crippen LogP contribution in [0.4, 0.5) is 11.4 Å². The van der Waals surface area contributed by atoms with Crippen LogP contribution in [0.25, 0.3) is 20.9 Å². The van der Waals surface area contributed by atoms with Crippen LogP contribution in [-0.2, 0) is 22.4 Å². The maximum Gasteiger partial charge on any atom is 0.235 e. The zero-order valence-corrected chi connectivity index (χ0v) is 73.3. The topological polar surface area (TPSA) is 40.6 Å². The summed E-state index contributed by atoms with van der Waals surface area (Å²) in [7, 11) is 0. The second kappa shape index (κ2) is 57.7. The predicted octanol–water partition coefficient (Wildman–Crippen LogP) is 34.1. The van der Waals surface area contributed by atoms with E-state index in [-0.39, 0.29) is 11.8 Å². The Bertz CT molecular complexity index is 2630. The third kappa shape index (κ3) is 34.6. The van der Waals surface area contributed by atoms with Crippen molar-refractivity contribution in [2.75, 3.05) is 22.9 Å². The van der Waals surface area contributed by atoms with Crippen LogP contribution in [0.1, 0.15) is 461 Å². The number of hydrogen-bond donors (Lipinski definition) is 0. The van der Waals surface area contributed by atoms with Crippen LogP contribution in [0.2, 0.25) is 0 Å². The first-order valence-electron chi connectivity index (χ1n) is 45.6. The predicted molar refractivity (Wildman–Crippen MR) is 471 cm³/mol. The molecule has 104 heavy (non-hydrogen) atoms. The molecule has 6 rings (SSSR count). The summed E-state index contributed by atoms with van der Waals surface area (Å²) in [6.45, 7) is 15.4. The van der Waals surface area contributed by atoms with Crippen LogP contribution in [0.15, 0.2) is 56.1 Å². The molecule has 4 atom stereocenters. The second-order valence-corrected chi connectivity index (χ2v) is 38.0. The van der Waals surface area contributed by atoms with E-state index < -0.39 is 11.8 Å². The van der Waals surface area contributed by atoms with Crippen molar-refractivity contribution in [1.29, 1.82) is 0 Å². The number of hydrogen-bond acceptors (Lipinski definition) is 4. The Hall–Kier alpha value is -2.26. The SMILES string of the molecule is CCCCCCCCCCCCc1cc(-c2ccc3c(c2)N(CC(CCCCCCCCCC)CCCCCCCCCCCC)C(=O)C3C2C(=O)N(CC(CCCCCCCCCC)CCCCCCCCCCCC)c3cc(-c4cc(CCCCCCCCCCCC)c(Br)s4)ccc32)sc1Br. The molecule has 0 saturated carbocycles. The van der Waals surface area contributed by atoms with E-state index in [2.05, 4.69) is 132 Å². The molecule has 2 aromatic heterocycles. The van der Waals surface area contributed by atoms with Crippen molar-refractivity contribution < 1.29 is 9.59 Å². The van der Waals surface area contributed by atoms with Crippen LogP contribution in [0.3, 0.4) is 0 Å².